The van der Waals surface area contributed by atoms with Crippen LogP contribution in [0.5, 0.6) is 0 Å². The number of fused-ring (bicyclic) bond motifs is 3. The van der Waals surface area contributed by atoms with E-state index in [-0.39, 0.29) is 11.8 Å². The monoisotopic (exact) mass is 538 g/mol. The van der Waals surface area contributed by atoms with Gasteiger partial charge in [-0.25, -0.2) is 9.59 Å². The van der Waals surface area contributed by atoms with Gasteiger partial charge in [0.15, 0.2) is 0 Å². The molecule has 0 aromatic heterocycles. The summed E-state index contributed by atoms with van der Waals surface area (Å²) in [5.41, 5.74) is 0.780. The molecule has 2 aliphatic rings. The number of hydrogen-bond donors (Lipinski definition) is 0. The van der Waals surface area contributed by atoms with Crippen molar-refractivity contribution < 1.29 is 38.1 Å². The maximum atomic E-state index is 12.7. The Hall–Kier alpha value is -4.72. The Kier molecular flexibility index (Phi) is 6.90. The van der Waals surface area contributed by atoms with Crippen molar-refractivity contribution in [3.63, 3.8) is 0 Å². The summed E-state index contributed by atoms with van der Waals surface area (Å²) in [6, 6.07) is 25.5. The average Bonchev–Trinajstić information content (AvgIpc) is 3.54. The first-order valence-electron chi connectivity index (χ1n) is 13.2. The lowest BCUT2D eigenvalue weighted by molar-refractivity contribution is -0.159. The van der Waals surface area contributed by atoms with E-state index in [0.29, 0.717) is 24.0 Å². The highest BCUT2D eigenvalue weighted by Crippen LogP contribution is 2.61. The molecule has 40 heavy (non-hydrogen) atoms. The third-order valence-corrected chi connectivity index (χ3v) is 7.88. The molecule has 1 unspecified atom stereocenters. The van der Waals surface area contributed by atoms with E-state index in [1.165, 1.54) is 0 Å². The molecular weight excluding hydrogens is 512 g/mol. The number of hydrogen-bond acceptors (Lipinski definition) is 8. The lowest BCUT2D eigenvalue weighted by Crippen LogP contribution is -2.23. The van der Waals surface area contributed by atoms with Crippen LogP contribution in [0.3, 0.4) is 0 Å². The molecule has 202 valence electrons. The van der Waals surface area contributed by atoms with Gasteiger partial charge in [0.1, 0.15) is 0 Å². The molecule has 2 aliphatic carbocycles. The van der Waals surface area contributed by atoms with Gasteiger partial charge in [0.05, 0.1) is 23.0 Å². The van der Waals surface area contributed by atoms with Crippen LogP contribution in [0, 0.1) is 23.7 Å². The van der Waals surface area contributed by atoms with Crippen molar-refractivity contribution in [2.24, 2.45) is 23.7 Å². The average molecular weight is 539 g/mol. The summed E-state index contributed by atoms with van der Waals surface area (Å²) < 4.78 is 20.9. The van der Waals surface area contributed by atoms with Crippen molar-refractivity contribution in [3.05, 3.63) is 96.1 Å². The highest BCUT2D eigenvalue weighted by atomic mass is 16.7. The van der Waals surface area contributed by atoms with Crippen LogP contribution >= 0.6 is 0 Å². The van der Waals surface area contributed by atoms with Crippen molar-refractivity contribution in [3.8, 4) is 0 Å². The Morgan fingerprint density at radius 3 is 1.65 bits per heavy atom. The predicted molar refractivity (Wildman–Crippen MR) is 144 cm³/mol. The zero-order chi connectivity index (χ0) is 27.6. The minimum atomic E-state index is -0.583. The van der Waals surface area contributed by atoms with Crippen LogP contribution in [0.4, 0.5) is 0 Å². The van der Waals surface area contributed by atoms with Crippen LogP contribution < -0.4 is 0 Å². The van der Waals surface area contributed by atoms with Gasteiger partial charge in [-0.1, -0.05) is 72.8 Å². The van der Waals surface area contributed by atoms with Crippen LogP contribution in [0.2, 0.25) is 0 Å². The maximum Gasteiger partial charge on any atom is 0.341 e. The lowest BCUT2D eigenvalue weighted by atomic mass is 10.0. The number of ether oxygens (including phenoxy) is 4. The van der Waals surface area contributed by atoms with E-state index in [0.717, 1.165) is 21.5 Å². The number of carbonyl (C=O) groups is 4. The summed E-state index contributed by atoms with van der Waals surface area (Å²) in [5, 5.41) is 3.31. The van der Waals surface area contributed by atoms with Crippen molar-refractivity contribution in [2.45, 2.75) is 12.8 Å². The summed E-state index contributed by atoms with van der Waals surface area (Å²) in [6.45, 7) is -1.01. The predicted octanol–water partition coefficient (Wildman–Crippen LogP) is 5.28. The highest BCUT2D eigenvalue weighted by Gasteiger charge is 2.64. The molecule has 4 atom stereocenters. The lowest BCUT2D eigenvalue weighted by Gasteiger charge is -2.14. The molecule has 8 nitrogen and oxygen atoms in total. The first kappa shape index (κ1) is 25.6. The molecule has 0 amide bonds. The van der Waals surface area contributed by atoms with Gasteiger partial charge in [0.2, 0.25) is 13.6 Å². The van der Waals surface area contributed by atoms with E-state index in [4.69, 9.17) is 18.9 Å². The SMILES string of the molecule is O=C(OCOC(=O)C1CC[C@H]2[C@H](C(=O)OCOC(=O)c3cccc4ccccc34)[C@@H]12)c1cccc2ccccc12. The molecule has 0 radical (unpaired) electrons. The zero-order valence-corrected chi connectivity index (χ0v) is 21.5. The minimum Gasteiger partial charge on any atom is -0.428 e. The summed E-state index contributed by atoms with van der Waals surface area (Å²) >= 11 is 0. The number of carbonyl (C=O) groups excluding carboxylic acids is 4. The van der Waals surface area contributed by atoms with E-state index in [9.17, 15) is 19.2 Å². The summed E-state index contributed by atoms with van der Waals surface area (Å²) in [6.07, 6.45) is 1.28. The molecular formula is C32H26O8. The second-order valence-corrected chi connectivity index (χ2v) is 10.0. The molecule has 2 fully saturated rings. The first-order chi connectivity index (χ1) is 19.5. The molecule has 0 spiro atoms. The van der Waals surface area contributed by atoms with E-state index >= 15 is 0 Å². The van der Waals surface area contributed by atoms with Gasteiger partial charge in [0.25, 0.3) is 0 Å². The Labute approximate surface area is 229 Å². The topological polar surface area (TPSA) is 105 Å². The highest BCUT2D eigenvalue weighted by molar-refractivity contribution is 6.05. The molecule has 0 aliphatic heterocycles. The van der Waals surface area contributed by atoms with E-state index in [1.54, 1.807) is 24.3 Å². The fraction of sp³-hybridized carbons (Fsp3) is 0.250. The van der Waals surface area contributed by atoms with Crippen molar-refractivity contribution in [1.29, 1.82) is 0 Å². The molecule has 0 N–H and O–H groups in total. The first-order valence-corrected chi connectivity index (χ1v) is 13.2. The molecule has 2 saturated carbocycles. The third kappa shape index (κ3) is 4.88. The van der Waals surface area contributed by atoms with Gasteiger partial charge < -0.3 is 18.9 Å². The minimum absolute atomic E-state index is 0.0250. The molecule has 8 heteroatoms. The fourth-order valence-corrected chi connectivity index (χ4v) is 5.94. The van der Waals surface area contributed by atoms with Crippen molar-refractivity contribution in [2.75, 3.05) is 13.6 Å². The van der Waals surface area contributed by atoms with Gasteiger partial charge in [0, 0.05) is 0 Å². The summed E-state index contributed by atoms with van der Waals surface area (Å²) in [7, 11) is 0. The Balaban J connectivity index is 0.970. The normalized spacial score (nSPS) is 20.9. The number of rotatable bonds is 8. The molecule has 0 bridgehead atoms. The standard InChI is InChI=1S/C32H26O8/c33-29(23-13-5-9-19-7-1-3-11-21(19)23)37-17-39-31(35)26-16-15-25-27(26)28(25)32(36)40-18-38-30(34)24-14-6-10-20-8-2-4-12-22(20)24/h1-14,25-28H,15-18H2/t25-,26?,27-,28+/m1/s1. The van der Waals surface area contributed by atoms with Crippen LogP contribution in [0.25, 0.3) is 21.5 Å². The molecule has 6 rings (SSSR count). The quantitative estimate of drug-likeness (QED) is 0.220. The molecule has 0 saturated heterocycles. The zero-order valence-electron chi connectivity index (χ0n) is 21.5. The van der Waals surface area contributed by atoms with E-state index in [1.807, 2.05) is 60.7 Å². The Bertz CT molecular complexity index is 1620. The van der Waals surface area contributed by atoms with Gasteiger partial charge in [-0.05, 0) is 58.4 Å². The second-order valence-electron chi connectivity index (χ2n) is 10.0. The van der Waals surface area contributed by atoms with Gasteiger partial charge in [-0.3, -0.25) is 9.59 Å². The van der Waals surface area contributed by atoms with Gasteiger partial charge in [-0.2, -0.15) is 0 Å². The van der Waals surface area contributed by atoms with E-state index < -0.39 is 49.3 Å². The van der Waals surface area contributed by atoms with Crippen molar-refractivity contribution >= 4 is 45.4 Å². The summed E-state index contributed by atoms with van der Waals surface area (Å²) in [5.74, 6) is -3.26. The van der Waals surface area contributed by atoms with E-state index in [2.05, 4.69) is 0 Å². The maximum absolute atomic E-state index is 12.7. The summed E-state index contributed by atoms with van der Waals surface area (Å²) in [4.78, 5) is 50.5. The third-order valence-electron chi connectivity index (χ3n) is 7.88. The molecule has 4 aromatic rings. The van der Waals surface area contributed by atoms with Gasteiger partial charge >= 0.3 is 23.9 Å². The molecule has 0 heterocycles. The smallest absolute Gasteiger partial charge is 0.341 e. The van der Waals surface area contributed by atoms with Crippen LogP contribution in [0.15, 0.2) is 84.9 Å². The second kappa shape index (κ2) is 10.8. The van der Waals surface area contributed by atoms with Crippen LogP contribution in [0.1, 0.15) is 33.6 Å². The number of benzene rings is 4. The number of esters is 4. The van der Waals surface area contributed by atoms with Gasteiger partial charge in [-0.15, -0.1) is 0 Å². The van der Waals surface area contributed by atoms with Crippen molar-refractivity contribution in [1.82, 2.24) is 0 Å². The largest absolute Gasteiger partial charge is 0.428 e. The Morgan fingerprint density at radius 1 is 0.575 bits per heavy atom. The fourth-order valence-electron chi connectivity index (χ4n) is 5.94. The van der Waals surface area contributed by atoms with Crippen LogP contribution in [-0.2, 0) is 28.5 Å². The van der Waals surface area contributed by atoms with Crippen LogP contribution in [-0.4, -0.2) is 37.5 Å². The molecule has 4 aromatic carbocycles. The Morgan fingerprint density at radius 2 is 1.07 bits per heavy atom.